The van der Waals surface area contributed by atoms with E-state index >= 15 is 0 Å². The maximum Gasteiger partial charge on any atom is 0.389 e. The summed E-state index contributed by atoms with van der Waals surface area (Å²) in [6, 6.07) is 11.6. The molecule has 29 heavy (non-hydrogen) atoms. The second kappa shape index (κ2) is 10.2. The number of benzene rings is 2. The lowest BCUT2D eigenvalue weighted by Crippen LogP contribution is -2.08. The standard InChI is InChI=1S/C23H24F4O2/c1-16(2)22(28)29-13-4-3-7-18-9-10-20(15-21(18)24)19-8-5-6-17(14-19)11-12-23(25,26)27/h5-6,8-10,14-15H,1,3-4,7,11-13H2,2H3. The molecule has 0 saturated carbocycles. The Kier molecular flexibility index (Phi) is 8.00. The maximum atomic E-state index is 14.4. The highest BCUT2D eigenvalue weighted by Crippen LogP contribution is 2.26. The summed E-state index contributed by atoms with van der Waals surface area (Å²) in [5, 5.41) is 0. The number of carbonyl (C=O) groups is 1. The van der Waals surface area contributed by atoms with Crippen molar-refractivity contribution in [2.45, 2.75) is 45.2 Å². The fourth-order valence-corrected chi connectivity index (χ4v) is 2.83. The summed E-state index contributed by atoms with van der Waals surface area (Å²) >= 11 is 0. The quantitative estimate of drug-likeness (QED) is 0.207. The summed E-state index contributed by atoms with van der Waals surface area (Å²) in [6.07, 6.45) is -3.41. The monoisotopic (exact) mass is 408 g/mol. The van der Waals surface area contributed by atoms with Crippen molar-refractivity contribution in [1.82, 2.24) is 0 Å². The van der Waals surface area contributed by atoms with Gasteiger partial charge in [-0.15, -0.1) is 0 Å². The van der Waals surface area contributed by atoms with Crippen molar-refractivity contribution in [3.63, 3.8) is 0 Å². The molecule has 0 spiro atoms. The van der Waals surface area contributed by atoms with E-state index < -0.39 is 18.6 Å². The van der Waals surface area contributed by atoms with Gasteiger partial charge in [0.25, 0.3) is 0 Å². The summed E-state index contributed by atoms with van der Waals surface area (Å²) in [5.74, 6) is -0.792. The second-order valence-electron chi connectivity index (χ2n) is 7.00. The molecular formula is C23H24F4O2. The second-order valence-corrected chi connectivity index (χ2v) is 7.00. The van der Waals surface area contributed by atoms with E-state index in [9.17, 15) is 22.4 Å². The molecule has 0 N–H and O–H groups in total. The van der Waals surface area contributed by atoms with E-state index in [2.05, 4.69) is 6.58 Å². The minimum Gasteiger partial charge on any atom is -0.462 e. The molecule has 0 aliphatic heterocycles. The molecule has 0 aliphatic carbocycles. The van der Waals surface area contributed by atoms with Gasteiger partial charge in [-0.1, -0.05) is 43.0 Å². The first-order chi connectivity index (χ1) is 13.7. The SMILES string of the molecule is C=C(C)C(=O)OCCCCc1ccc(-c2cccc(CCC(F)(F)F)c2)cc1F. The number of hydrogen-bond donors (Lipinski definition) is 0. The number of halogens is 4. The van der Waals surface area contributed by atoms with Gasteiger partial charge >= 0.3 is 12.1 Å². The molecule has 0 fully saturated rings. The van der Waals surface area contributed by atoms with Crippen molar-refractivity contribution in [3.05, 3.63) is 71.6 Å². The molecule has 0 saturated heterocycles. The van der Waals surface area contributed by atoms with Crippen LogP contribution >= 0.6 is 0 Å². The van der Waals surface area contributed by atoms with E-state index in [1.807, 2.05) is 0 Å². The van der Waals surface area contributed by atoms with Crippen molar-refractivity contribution < 1.29 is 27.1 Å². The lowest BCUT2D eigenvalue weighted by molar-refractivity contribution is -0.139. The first kappa shape index (κ1) is 22.7. The highest BCUT2D eigenvalue weighted by Gasteiger charge is 2.26. The Bertz CT molecular complexity index is 856. The summed E-state index contributed by atoms with van der Waals surface area (Å²) < 4.78 is 56.7. The smallest absolute Gasteiger partial charge is 0.389 e. The molecule has 0 aliphatic rings. The number of esters is 1. The fraction of sp³-hybridized carbons (Fsp3) is 0.348. The van der Waals surface area contributed by atoms with Crippen LogP contribution in [0.15, 0.2) is 54.6 Å². The van der Waals surface area contributed by atoms with Crippen LogP contribution in [0.4, 0.5) is 17.6 Å². The summed E-state index contributed by atoms with van der Waals surface area (Å²) in [5.41, 5.74) is 2.76. The van der Waals surface area contributed by atoms with Crippen LogP contribution < -0.4 is 0 Å². The Balaban J connectivity index is 1.93. The average Bonchev–Trinajstić information content (AvgIpc) is 2.66. The Hall–Kier alpha value is -2.63. The van der Waals surface area contributed by atoms with Gasteiger partial charge in [0.2, 0.25) is 0 Å². The predicted octanol–water partition coefficient (Wildman–Crippen LogP) is 6.43. The van der Waals surface area contributed by atoms with Crippen molar-refractivity contribution in [2.24, 2.45) is 0 Å². The molecule has 0 bridgehead atoms. The number of aryl methyl sites for hydroxylation is 2. The van der Waals surface area contributed by atoms with Crippen molar-refractivity contribution in [1.29, 1.82) is 0 Å². The summed E-state index contributed by atoms with van der Waals surface area (Å²) in [4.78, 5) is 11.3. The number of carbonyl (C=O) groups excluding carboxylic acids is 1. The van der Waals surface area contributed by atoms with Crippen LogP contribution in [0.2, 0.25) is 0 Å². The number of hydrogen-bond acceptors (Lipinski definition) is 2. The number of alkyl halides is 3. The first-order valence-electron chi connectivity index (χ1n) is 9.43. The van der Waals surface area contributed by atoms with E-state index in [0.717, 1.165) is 0 Å². The largest absolute Gasteiger partial charge is 0.462 e. The molecule has 2 rings (SSSR count). The van der Waals surface area contributed by atoms with Gasteiger partial charge in [-0.2, -0.15) is 13.2 Å². The van der Waals surface area contributed by atoms with Gasteiger partial charge in [0.15, 0.2) is 0 Å². The number of ether oxygens (including phenoxy) is 1. The van der Waals surface area contributed by atoms with Crippen LogP contribution in [0.3, 0.4) is 0 Å². The van der Waals surface area contributed by atoms with Crippen LogP contribution in [0.1, 0.15) is 37.3 Å². The van der Waals surface area contributed by atoms with Crippen molar-refractivity contribution in [2.75, 3.05) is 6.61 Å². The lowest BCUT2D eigenvalue weighted by Gasteiger charge is -2.10. The van der Waals surface area contributed by atoms with E-state index in [1.54, 1.807) is 43.3 Å². The van der Waals surface area contributed by atoms with E-state index in [0.29, 0.717) is 47.1 Å². The number of unbranched alkanes of at least 4 members (excludes halogenated alkanes) is 1. The number of rotatable bonds is 9. The average molecular weight is 408 g/mol. The Morgan fingerprint density at radius 3 is 2.41 bits per heavy atom. The van der Waals surface area contributed by atoms with Crippen LogP contribution in [0, 0.1) is 5.82 Å². The van der Waals surface area contributed by atoms with Gasteiger partial charge in [-0.3, -0.25) is 0 Å². The third kappa shape index (κ3) is 7.72. The Morgan fingerprint density at radius 2 is 1.76 bits per heavy atom. The predicted molar refractivity (Wildman–Crippen MR) is 105 cm³/mol. The molecule has 0 radical (unpaired) electrons. The van der Waals surface area contributed by atoms with Crippen molar-refractivity contribution >= 4 is 5.97 Å². The Labute approximate surface area is 168 Å². The van der Waals surface area contributed by atoms with Crippen LogP contribution in [0.5, 0.6) is 0 Å². The van der Waals surface area contributed by atoms with Crippen LogP contribution in [-0.4, -0.2) is 18.8 Å². The molecule has 2 aromatic carbocycles. The van der Waals surface area contributed by atoms with E-state index in [-0.39, 0.29) is 18.8 Å². The molecule has 0 aromatic heterocycles. The summed E-state index contributed by atoms with van der Waals surface area (Å²) in [7, 11) is 0. The normalized spacial score (nSPS) is 11.3. The first-order valence-corrected chi connectivity index (χ1v) is 9.43. The molecule has 2 aromatic rings. The van der Waals surface area contributed by atoms with Crippen molar-refractivity contribution in [3.8, 4) is 11.1 Å². The lowest BCUT2D eigenvalue weighted by atomic mass is 9.98. The molecule has 0 amide bonds. The van der Waals surface area contributed by atoms with E-state index in [4.69, 9.17) is 4.74 Å². The fourth-order valence-electron chi connectivity index (χ4n) is 2.83. The van der Waals surface area contributed by atoms with Gasteiger partial charge in [-0.25, -0.2) is 9.18 Å². The third-order valence-electron chi connectivity index (χ3n) is 4.43. The molecule has 0 atom stereocenters. The zero-order valence-corrected chi connectivity index (χ0v) is 16.3. The zero-order valence-electron chi connectivity index (χ0n) is 16.3. The van der Waals surface area contributed by atoms with Crippen LogP contribution in [0.25, 0.3) is 11.1 Å². The molecular weight excluding hydrogens is 384 g/mol. The van der Waals surface area contributed by atoms with E-state index in [1.165, 1.54) is 6.07 Å². The highest BCUT2D eigenvalue weighted by molar-refractivity contribution is 5.86. The molecule has 0 heterocycles. The molecule has 156 valence electrons. The summed E-state index contributed by atoms with van der Waals surface area (Å²) in [6.45, 7) is 5.33. The van der Waals surface area contributed by atoms with Gasteiger partial charge < -0.3 is 4.74 Å². The Morgan fingerprint density at radius 1 is 1.03 bits per heavy atom. The maximum absolute atomic E-state index is 14.4. The zero-order chi connectivity index (χ0) is 21.4. The topological polar surface area (TPSA) is 26.3 Å². The van der Waals surface area contributed by atoms with Gasteiger partial charge in [-0.05, 0) is 60.9 Å². The minimum absolute atomic E-state index is 0.103. The minimum atomic E-state index is -4.20. The molecule has 0 unspecified atom stereocenters. The molecule has 6 heteroatoms. The van der Waals surface area contributed by atoms with Crippen LogP contribution in [-0.2, 0) is 22.4 Å². The van der Waals surface area contributed by atoms with Gasteiger partial charge in [0, 0.05) is 12.0 Å². The van der Waals surface area contributed by atoms with Gasteiger partial charge in [0.1, 0.15) is 5.82 Å². The van der Waals surface area contributed by atoms with Gasteiger partial charge in [0.05, 0.1) is 6.61 Å². The molecule has 2 nitrogen and oxygen atoms in total. The highest BCUT2D eigenvalue weighted by atomic mass is 19.4. The third-order valence-corrected chi connectivity index (χ3v) is 4.43.